The van der Waals surface area contributed by atoms with E-state index in [9.17, 15) is 9.59 Å². The molecule has 0 atom stereocenters. The highest BCUT2D eigenvalue weighted by molar-refractivity contribution is 6.27. The fourth-order valence-electron chi connectivity index (χ4n) is 0.233. The van der Waals surface area contributed by atoms with Crippen molar-refractivity contribution in [2.24, 2.45) is 5.73 Å². The fraction of sp³-hybridized carbons (Fsp3) is 0.500. The number of amides is 2. The van der Waals surface area contributed by atoms with E-state index in [-0.39, 0.29) is 12.4 Å². The first-order valence-corrected chi connectivity index (χ1v) is 2.81. The van der Waals surface area contributed by atoms with E-state index in [1.165, 1.54) is 0 Å². The van der Waals surface area contributed by atoms with Crippen LogP contribution in [0.3, 0.4) is 0 Å². The molecule has 0 spiro atoms. The molecule has 0 rings (SSSR count). The van der Waals surface area contributed by atoms with Gasteiger partial charge in [-0.2, -0.15) is 0 Å². The molecule has 0 aliphatic heterocycles. The Kier molecular flexibility index (Phi) is 3.79. The predicted octanol–water partition coefficient (Wildman–Crippen LogP) is -1.17. The second-order valence-electron chi connectivity index (χ2n) is 1.38. The van der Waals surface area contributed by atoms with Gasteiger partial charge in [-0.1, -0.05) is 0 Å². The molecule has 0 fully saturated rings. The van der Waals surface area contributed by atoms with Crippen molar-refractivity contribution in [1.82, 2.24) is 5.32 Å². The van der Waals surface area contributed by atoms with Crippen molar-refractivity contribution < 1.29 is 9.59 Å². The first-order chi connectivity index (χ1) is 4.16. The summed E-state index contributed by atoms with van der Waals surface area (Å²) in [5.41, 5.74) is 4.70. The van der Waals surface area contributed by atoms with Crippen molar-refractivity contribution in [3.63, 3.8) is 0 Å². The number of hydrogen-bond acceptors (Lipinski definition) is 2. The van der Waals surface area contributed by atoms with E-state index in [1.54, 1.807) is 0 Å². The average Bonchev–Trinajstić information content (AvgIpc) is 1.83. The molecule has 0 unspecified atom stereocenters. The van der Waals surface area contributed by atoms with E-state index in [4.69, 9.17) is 17.3 Å². The van der Waals surface area contributed by atoms with E-state index >= 15 is 0 Å². The van der Waals surface area contributed by atoms with E-state index in [2.05, 4.69) is 5.32 Å². The largest absolute Gasteiger partial charge is 0.368 e. The lowest BCUT2D eigenvalue weighted by atomic mass is 10.6. The monoisotopic (exact) mass is 150 g/mol. The van der Waals surface area contributed by atoms with E-state index in [0.29, 0.717) is 0 Å². The van der Waals surface area contributed by atoms with Crippen molar-refractivity contribution in [3.05, 3.63) is 0 Å². The Hall–Kier alpha value is -0.770. The first kappa shape index (κ1) is 8.23. The minimum atomic E-state index is -0.575. The zero-order valence-electron chi connectivity index (χ0n) is 4.69. The van der Waals surface area contributed by atoms with Crippen molar-refractivity contribution in [1.29, 1.82) is 0 Å². The molecule has 0 saturated carbocycles. The Balaban J connectivity index is 3.28. The Morgan fingerprint density at radius 2 is 2.11 bits per heavy atom. The summed E-state index contributed by atoms with van der Waals surface area (Å²) in [6.07, 6.45) is 0. The molecule has 0 saturated heterocycles. The van der Waals surface area contributed by atoms with Gasteiger partial charge in [0, 0.05) is 0 Å². The van der Waals surface area contributed by atoms with Crippen LogP contribution in [0.5, 0.6) is 0 Å². The predicted molar refractivity (Wildman–Crippen MR) is 32.9 cm³/mol. The van der Waals surface area contributed by atoms with Gasteiger partial charge in [-0.25, -0.2) is 0 Å². The minimum Gasteiger partial charge on any atom is -0.368 e. The molecule has 5 heteroatoms. The molecule has 0 aromatic heterocycles. The molecular formula is C4H7ClN2O2. The van der Waals surface area contributed by atoms with Gasteiger partial charge in [-0.05, 0) is 0 Å². The Morgan fingerprint density at radius 1 is 1.56 bits per heavy atom. The maximum Gasteiger partial charge on any atom is 0.236 e. The molecule has 52 valence electrons. The number of nitrogens with two attached hydrogens (primary N) is 1. The van der Waals surface area contributed by atoms with Crippen LogP contribution in [0.25, 0.3) is 0 Å². The third-order valence-electron chi connectivity index (χ3n) is 0.581. The van der Waals surface area contributed by atoms with Gasteiger partial charge >= 0.3 is 0 Å². The summed E-state index contributed by atoms with van der Waals surface area (Å²) in [7, 11) is 0. The summed E-state index contributed by atoms with van der Waals surface area (Å²) in [6.45, 7) is -0.147. The SMILES string of the molecule is NC(=O)CNC(=O)CCl. The van der Waals surface area contributed by atoms with Gasteiger partial charge in [0.05, 0.1) is 6.54 Å². The highest BCUT2D eigenvalue weighted by atomic mass is 35.5. The second kappa shape index (κ2) is 4.14. The molecule has 0 heterocycles. The van der Waals surface area contributed by atoms with Crippen LogP contribution in [-0.2, 0) is 9.59 Å². The van der Waals surface area contributed by atoms with Crippen LogP contribution < -0.4 is 11.1 Å². The summed E-state index contributed by atoms with van der Waals surface area (Å²) in [5, 5.41) is 2.19. The van der Waals surface area contributed by atoms with Gasteiger partial charge in [-0.3, -0.25) is 9.59 Å². The van der Waals surface area contributed by atoms with Crippen LogP contribution in [0, 0.1) is 0 Å². The molecule has 0 aliphatic rings. The quantitative estimate of drug-likeness (QED) is 0.498. The van der Waals surface area contributed by atoms with Crippen LogP contribution in [0.15, 0.2) is 0 Å². The standard InChI is InChI=1S/C4H7ClN2O2/c5-1-4(9)7-2-3(6)8/h1-2H2,(H2,6,8)(H,7,9). The van der Waals surface area contributed by atoms with Crippen molar-refractivity contribution in [2.75, 3.05) is 12.4 Å². The number of nitrogens with one attached hydrogen (secondary N) is 1. The molecule has 0 aromatic rings. The Labute approximate surface area is 57.4 Å². The minimum absolute atomic E-state index is 0.146. The second-order valence-corrected chi connectivity index (χ2v) is 1.64. The smallest absolute Gasteiger partial charge is 0.236 e. The highest BCUT2D eigenvalue weighted by Crippen LogP contribution is 1.71. The van der Waals surface area contributed by atoms with E-state index in [0.717, 1.165) is 0 Å². The summed E-state index contributed by atoms with van der Waals surface area (Å²) in [6, 6.07) is 0. The van der Waals surface area contributed by atoms with Crippen molar-refractivity contribution >= 4 is 23.4 Å². The average molecular weight is 151 g/mol. The van der Waals surface area contributed by atoms with Gasteiger partial charge in [0.15, 0.2) is 0 Å². The van der Waals surface area contributed by atoms with Gasteiger partial charge in [0.1, 0.15) is 5.88 Å². The number of halogens is 1. The third kappa shape index (κ3) is 5.10. The number of carbonyl (C=O) groups excluding carboxylic acids is 2. The highest BCUT2D eigenvalue weighted by Gasteiger charge is 1.97. The number of alkyl halides is 1. The van der Waals surface area contributed by atoms with Crippen LogP contribution in [0.1, 0.15) is 0 Å². The number of rotatable bonds is 3. The number of carbonyl (C=O) groups is 2. The van der Waals surface area contributed by atoms with Crippen molar-refractivity contribution in [2.45, 2.75) is 0 Å². The summed E-state index contributed by atoms with van der Waals surface area (Å²) < 4.78 is 0. The molecule has 0 aliphatic carbocycles. The maximum absolute atomic E-state index is 10.3. The van der Waals surface area contributed by atoms with E-state index in [1.807, 2.05) is 0 Å². The lowest BCUT2D eigenvalue weighted by molar-refractivity contribution is -0.123. The van der Waals surface area contributed by atoms with Crippen LogP contribution >= 0.6 is 11.6 Å². The topological polar surface area (TPSA) is 72.2 Å². The van der Waals surface area contributed by atoms with Gasteiger partial charge in [0.2, 0.25) is 11.8 Å². The molecule has 0 bridgehead atoms. The molecular weight excluding hydrogens is 144 g/mol. The number of hydrogen-bond donors (Lipinski definition) is 2. The lowest BCUT2D eigenvalue weighted by Crippen LogP contribution is -2.33. The third-order valence-corrected chi connectivity index (χ3v) is 0.824. The summed E-state index contributed by atoms with van der Waals surface area (Å²) in [5.74, 6) is -1.11. The Morgan fingerprint density at radius 3 is 2.44 bits per heavy atom. The zero-order valence-corrected chi connectivity index (χ0v) is 5.44. The normalized spacial score (nSPS) is 8.56. The van der Waals surface area contributed by atoms with Crippen molar-refractivity contribution in [3.8, 4) is 0 Å². The zero-order chi connectivity index (χ0) is 7.28. The first-order valence-electron chi connectivity index (χ1n) is 2.27. The molecule has 9 heavy (non-hydrogen) atoms. The molecule has 0 aromatic carbocycles. The van der Waals surface area contributed by atoms with Gasteiger partial charge < -0.3 is 11.1 Å². The van der Waals surface area contributed by atoms with Crippen LogP contribution in [-0.4, -0.2) is 24.2 Å². The number of primary amides is 1. The summed E-state index contributed by atoms with van der Waals surface area (Å²) >= 11 is 5.07. The molecule has 0 radical (unpaired) electrons. The fourth-order valence-corrected chi connectivity index (χ4v) is 0.327. The summed E-state index contributed by atoms with van der Waals surface area (Å²) in [4.78, 5) is 20.2. The van der Waals surface area contributed by atoms with E-state index < -0.39 is 11.8 Å². The van der Waals surface area contributed by atoms with Crippen LogP contribution in [0.2, 0.25) is 0 Å². The molecule has 3 N–H and O–H groups in total. The molecule has 4 nitrogen and oxygen atoms in total. The lowest BCUT2D eigenvalue weighted by Gasteiger charge is -1.95. The Bertz CT molecular complexity index is 126. The van der Waals surface area contributed by atoms with Gasteiger partial charge in [-0.15, -0.1) is 11.6 Å². The molecule has 2 amide bonds. The van der Waals surface area contributed by atoms with Crippen LogP contribution in [0.4, 0.5) is 0 Å². The van der Waals surface area contributed by atoms with Gasteiger partial charge in [0.25, 0.3) is 0 Å². The maximum atomic E-state index is 10.3.